The molecule has 7 nitrogen and oxygen atoms in total. The van der Waals surface area contributed by atoms with Gasteiger partial charge in [-0.05, 0) is 66.9 Å². The van der Waals surface area contributed by atoms with Gasteiger partial charge in [-0.1, -0.05) is 24.3 Å². The lowest BCUT2D eigenvalue weighted by atomic mass is 9.96. The number of hydrogen-bond donors (Lipinski definition) is 1. The minimum absolute atomic E-state index is 0.00479. The van der Waals surface area contributed by atoms with Crippen LogP contribution in [0.3, 0.4) is 0 Å². The quantitative estimate of drug-likeness (QED) is 0.614. The van der Waals surface area contributed by atoms with E-state index in [1.165, 1.54) is 12.1 Å². The largest absolute Gasteiger partial charge is 0.455 e. The molecule has 0 aromatic heterocycles. The summed E-state index contributed by atoms with van der Waals surface area (Å²) < 4.78 is 29.1. The van der Waals surface area contributed by atoms with Gasteiger partial charge >= 0.3 is 0 Å². The molecule has 2 N–H and O–H groups in total. The predicted octanol–water partition coefficient (Wildman–Crippen LogP) is 4.14. The number of nitrogens with zero attached hydrogens (tertiary/aromatic N) is 2. The monoisotopic (exact) mass is 461 g/mol. The van der Waals surface area contributed by atoms with Crippen LogP contribution in [0.2, 0.25) is 0 Å². The standard InChI is InChI=1S/C25H23N3O4S/c1-16-4-3-5-17(2)25(16)32-23-12-18(6-7-19(23)14-26)20-13-24(29)28(15-20)21-8-10-22(11-9-21)33(27,30)31/h3-12,20H,13,15H2,1-2H3,(H2,27,30,31)/t20-/m0/s1. The van der Waals surface area contributed by atoms with Crippen LogP contribution in [0.25, 0.3) is 0 Å². The smallest absolute Gasteiger partial charge is 0.238 e. The molecule has 1 atom stereocenters. The molecule has 3 aromatic rings. The van der Waals surface area contributed by atoms with E-state index < -0.39 is 10.0 Å². The van der Waals surface area contributed by atoms with Crippen LogP contribution in [0.1, 0.15) is 34.6 Å². The summed E-state index contributed by atoms with van der Waals surface area (Å²) in [7, 11) is -3.80. The summed E-state index contributed by atoms with van der Waals surface area (Å²) in [5.41, 5.74) is 3.85. The summed E-state index contributed by atoms with van der Waals surface area (Å²) in [6.45, 7) is 4.34. The highest BCUT2D eigenvalue weighted by Gasteiger charge is 2.32. The van der Waals surface area contributed by atoms with E-state index in [-0.39, 0.29) is 16.7 Å². The van der Waals surface area contributed by atoms with E-state index in [9.17, 15) is 18.5 Å². The molecule has 0 radical (unpaired) electrons. The molecule has 0 spiro atoms. The number of aryl methyl sites for hydroxylation is 2. The van der Waals surface area contributed by atoms with Crippen molar-refractivity contribution in [3.63, 3.8) is 0 Å². The number of para-hydroxylation sites is 1. The number of benzene rings is 3. The number of carbonyl (C=O) groups excluding carboxylic acids is 1. The molecule has 0 aliphatic carbocycles. The Hall–Kier alpha value is -3.67. The Morgan fingerprint density at radius 3 is 2.33 bits per heavy atom. The topological polar surface area (TPSA) is 113 Å². The Balaban J connectivity index is 1.60. The molecular formula is C25H23N3O4S. The van der Waals surface area contributed by atoms with E-state index in [1.807, 2.05) is 44.2 Å². The molecule has 1 saturated heterocycles. The Bertz CT molecular complexity index is 1360. The third-order valence-electron chi connectivity index (χ3n) is 5.82. The van der Waals surface area contributed by atoms with Crippen LogP contribution in [0.4, 0.5) is 5.69 Å². The number of ether oxygens (including phenoxy) is 1. The average molecular weight is 462 g/mol. The van der Waals surface area contributed by atoms with Crippen LogP contribution in [0.5, 0.6) is 11.5 Å². The van der Waals surface area contributed by atoms with Gasteiger partial charge in [-0.3, -0.25) is 4.79 Å². The number of primary sulfonamides is 1. The summed E-state index contributed by atoms with van der Waals surface area (Å²) in [4.78, 5) is 14.4. The lowest BCUT2D eigenvalue weighted by molar-refractivity contribution is -0.117. The molecule has 1 amide bonds. The van der Waals surface area contributed by atoms with Gasteiger partial charge in [-0.25, -0.2) is 13.6 Å². The Kier molecular flexibility index (Phi) is 5.93. The number of nitrogens with two attached hydrogens (primary N) is 1. The second-order valence-electron chi connectivity index (χ2n) is 8.13. The third-order valence-corrected chi connectivity index (χ3v) is 6.75. The number of nitriles is 1. The molecule has 1 heterocycles. The first-order valence-corrected chi connectivity index (χ1v) is 11.9. The number of anilines is 1. The van der Waals surface area contributed by atoms with Crippen molar-refractivity contribution in [1.29, 1.82) is 5.26 Å². The van der Waals surface area contributed by atoms with E-state index in [1.54, 1.807) is 23.1 Å². The Morgan fingerprint density at radius 1 is 1.06 bits per heavy atom. The van der Waals surface area contributed by atoms with Crippen molar-refractivity contribution in [3.8, 4) is 17.6 Å². The van der Waals surface area contributed by atoms with Gasteiger partial charge < -0.3 is 9.64 Å². The van der Waals surface area contributed by atoms with Gasteiger partial charge in [-0.2, -0.15) is 5.26 Å². The summed E-state index contributed by atoms with van der Waals surface area (Å²) in [5, 5.41) is 14.7. The van der Waals surface area contributed by atoms with Crippen molar-refractivity contribution in [1.82, 2.24) is 0 Å². The summed E-state index contributed by atoms with van der Waals surface area (Å²) >= 11 is 0. The second-order valence-corrected chi connectivity index (χ2v) is 9.70. The van der Waals surface area contributed by atoms with Gasteiger partial charge in [0.05, 0.1) is 10.5 Å². The molecular weight excluding hydrogens is 438 g/mol. The van der Waals surface area contributed by atoms with E-state index in [0.717, 1.165) is 16.7 Å². The van der Waals surface area contributed by atoms with Gasteiger partial charge in [0.1, 0.15) is 17.6 Å². The zero-order valence-corrected chi connectivity index (χ0v) is 19.1. The van der Waals surface area contributed by atoms with Gasteiger partial charge in [0, 0.05) is 24.6 Å². The average Bonchev–Trinajstić information content (AvgIpc) is 3.17. The molecule has 1 aliphatic heterocycles. The molecule has 3 aromatic carbocycles. The molecule has 1 fully saturated rings. The van der Waals surface area contributed by atoms with Crippen LogP contribution in [-0.4, -0.2) is 20.9 Å². The van der Waals surface area contributed by atoms with Gasteiger partial charge in [0.15, 0.2) is 0 Å². The van der Waals surface area contributed by atoms with E-state index in [4.69, 9.17) is 9.88 Å². The van der Waals surface area contributed by atoms with Crippen molar-refractivity contribution in [2.24, 2.45) is 5.14 Å². The second kappa shape index (κ2) is 8.70. The maximum absolute atomic E-state index is 12.7. The van der Waals surface area contributed by atoms with Crippen LogP contribution in [0.15, 0.2) is 65.6 Å². The Morgan fingerprint density at radius 2 is 1.73 bits per heavy atom. The van der Waals surface area contributed by atoms with Crippen molar-refractivity contribution >= 4 is 21.6 Å². The molecule has 0 saturated carbocycles. The number of amides is 1. The fourth-order valence-corrected chi connectivity index (χ4v) is 4.55. The molecule has 0 bridgehead atoms. The van der Waals surface area contributed by atoms with Crippen LogP contribution in [-0.2, 0) is 14.8 Å². The van der Waals surface area contributed by atoms with E-state index in [2.05, 4.69) is 6.07 Å². The molecule has 33 heavy (non-hydrogen) atoms. The highest BCUT2D eigenvalue weighted by atomic mass is 32.2. The lowest BCUT2D eigenvalue weighted by Gasteiger charge is -2.18. The van der Waals surface area contributed by atoms with Crippen molar-refractivity contribution in [2.75, 3.05) is 11.4 Å². The lowest BCUT2D eigenvalue weighted by Crippen LogP contribution is -2.24. The minimum Gasteiger partial charge on any atom is -0.455 e. The van der Waals surface area contributed by atoms with Crippen LogP contribution >= 0.6 is 0 Å². The van der Waals surface area contributed by atoms with Crippen LogP contribution in [0, 0.1) is 25.2 Å². The first kappa shape index (κ1) is 22.5. The number of rotatable bonds is 5. The molecule has 168 valence electrons. The van der Waals surface area contributed by atoms with Gasteiger partial charge in [0.25, 0.3) is 0 Å². The fourth-order valence-electron chi connectivity index (χ4n) is 4.04. The third kappa shape index (κ3) is 4.60. The zero-order chi connectivity index (χ0) is 23.8. The van der Waals surface area contributed by atoms with Gasteiger partial charge in [0.2, 0.25) is 15.9 Å². The van der Waals surface area contributed by atoms with Crippen molar-refractivity contribution in [3.05, 3.63) is 82.9 Å². The maximum Gasteiger partial charge on any atom is 0.238 e. The zero-order valence-electron chi connectivity index (χ0n) is 18.3. The van der Waals surface area contributed by atoms with Crippen molar-refractivity contribution in [2.45, 2.75) is 31.1 Å². The number of carbonyl (C=O) groups is 1. The minimum atomic E-state index is -3.80. The van der Waals surface area contributed by atoms with Crippen molar-refractivity contribution < 1.29 is 17.9 Å². The highest BCUT2D eigenvalue weighted by Crippen LogP contribution is 2.36. The van der Waals surface area contributed by atoms with Gasteiger partial charge in [-0.15, -0.1) is 0 Å². The molecule has 8 heteroatoms. The first-order chi connectivity index (χ1) is 15.7. The molecule has 1 aliphatic rings. The summed E-state index contributed by atoms with van der Waals surface area (Å²) in [6.07, 6.45) is 0.297. The van der Waals surface area contributed by atoms with Crippen LogP contribution < -0.4 is 14.8 Å². The summed E-state index contributed by atoms with van der Waals surface area (Å²) in [6, 6.07) is 19.4. The molecule has 4 rings (SSSR count). The number of hydrogen-bond acceptors (Lipinski definition) is 5. The number of sulfonamides is 1. The highest BCUT2D eigenvalue weighted by molar-refractivity contribution is 7.89. The SMILES string of the molecule is Cc1cccc(C)c1Oc1cc([C@H]2CC(=O)N(c3ccc(S(N)(=O)=O)cc3)C2)ccc1C#N. The normalized spacial score (nSPS) is 16.0. The van der Waals surface area contributed by atoms with E-state index >= 15 is 0 Å². The predicted molar refractivity (Wildman–Crippen MR) is 125 cm³/mol. The maximum atomic E-state index is 12.7. The molecule has 0 unspecified atom stereocenters. The fraction of sp³-hybridized carbons (Fsp3) is 0.200. The summed E-state index contributed by atoms with van der Waals surface area (Å²) in [5.74, 6) is 1.01. The van der Waals surface area contributed by atoms with E-state index in [0.29, 0.717) is 35.7 Å². The Labute approximate surface area is 193 Å². The first-order valence-electron chi connectivity index (χ1n) is 10.4.